The summed E-state index contributed by atoms with van der Waals surface area (Å²) in [6, 6.07) is -0.565. The number of fused-ring (bicyclic) bond motifs is 1. The van der Waals surface area contributed by atoms with Crippen molar-refractivity contribution in [1.82, 2.24) is 35.8 Å². The molecule has 0 bridgehead atoms. The molecule has 5 aliphatic rings. The first-order valence-electron chi connectivity index (χ1n) is 12.3. The van der Waals surface area contributed by atoms with Gasteiger partial charge in [0.05, 0.1) is 16.7 Å². The third kappa shape index (κ3) is 4.70. The first kappa shape index (κ1) is 24.3. The highest BCUT2D eigenvalue weighted by molar-refractivity contribution is 7.90. The lowest BCUT2D eigenvalue weighted by atomic mass is 9.80. The molecule has 0 aromatic rings. The van der Waals surface area contributed by atoms with E-state index in [4.69, 9.17) is 0 Å². The number of hydrogen-bond donors (Lipinski definition) is 4. The number of hydrazine groups is 2. The van der Waals surface area contributed by atoms with Gasteiger partial charge in [-0.05, 0) is 32.1 Å². The second-order valence-corrected chi connectivity index (χ2v) is 12.8. The van der Waals surface area contributed by atoms with Crippen molar-refractivity contribution in [1.29, 1.82) is 0 Å². The topological polar surface area (TPSA) is 126 Å². The number of hydrogen-bond acceptors (Lipinski definition) is 8. The number of alkyl halides is 1. The van der Waals surface area contributed by atoms with Crippen LogP contribution in [0.15, 0.2) is 0 Å². The normalized spacial score (nSPS) is 34.6. The van der Waals surface area contributed by atoms with Gasteiger partial charge >= 0.3 is 6.03 Å². The highest BCUT2D eigenvalue weighted by Crippen LogP contribution is 2.41. The number of imide groups is 1. The van der Waals surface area contributed by atoms with Crippen LogP contribution in [0, 0.1) is 17.8 Å². The molecule has 13 heteroatoms. The van der Waals surface area contributed by atoms with Crippen LogP contribution in [0.2, 0.25) is 0 Å². The molecular formula is C21H36FN7O4S. The van der Waals surface area contributed by atoms with Gasteiger partial charge in [0.25, 0.3) is 0 Å². The van der Waals surface area contributed by atoms with Crippen molar-refractivity contribution in [3.8, 4) is 0 Å². The molecule has 5 fully saturated rings. The van der Waals surface area contributed by atoms with E-state index >= 15 is 0 Å². The highest BCUT2D eigenvalue weighted by Gasteiger charge is 2.53. The van der Waals surface area contributed by atoms with Crippen molar-refractivity contribution in [3.05, 3.63) is 0 Å². The van der Waals surface area contributed by atoms with Gasteiger partial charge in [0.1, 0.15) is 6.67 Å². The zero-order valence-corrected chi connectivity index (χ0v) is 20.4. The monoisotopic (exact) mass is 501 g/mol. The summed E-state index contributed by atoms with van der Waals surface area (Å²) in [6.07, 6.45) is 1.97. The zero-order valence-electron chi connectivity index (χ0n) is 19.6. The van der Waals surface area contributed by atoms with Crippen molar-refractivity contribution in [2.24, 2.45) is 17.8 Å². The highest BCUT2D eigenvalue weighted by atomic mass is 32.2. The lowest BCUT2D eigenvalue weighted by Gasteiger charge is -2.49. The largest absolute Gasteiger partial charge is 0.326 e. The van der Waals surface area contributed by atoms with E-state index < -0.39 is 33.4 Å². The molecule has 4 atom stereocenters. The van der Waals surface area contributed by atoms with Gasteiger partial charge in [0.2, 0.25) is 15.9 Å². The molecule has 2 saturated carbocycles. The third-order valence-corrected chi connectivity index (χ3v) is 10.1. The van der Waals surface area contributed by atoms with Gasteiger partial charge < -0.3 is 4.90 Å². The molecule has 4 unspecified atom stereocenters. The minimum absolute atomic E-state index is 0.121. The van der Waals surface area contributed by atoms with Crippen LogP contribution in [0.1, 0.15) is 32.1 Å². The molecule has 34 heavy (non-hydrogen) atoms. The maximum absolute atomic E-state index is 13.6. The molecular weight excluding hydrogens is 465 g/mol. The number of urea groups is 1. The van der Waals surface area contributed by atoms with Gasteiger partial charge in [0.15, 0.2) is 0 Å². The van der Waals surface area contributed by atoms with Gasteiger partial charge in [-0.2, -0.15) is 0 Å². The molecule has 4 N–H and O–H groups in total. The average molecular weight is 502 g/mol. The second-order valence-electron chi connectivity index (χ2n) is 10.8. The summed E-state index contributed by atoms with van der Waals surface area (Å²) in [5, 5.41) is 1.20. The summed E-state index contributed by atoms with van der Waals surface area (Å²) < 4.78 is 42.1. The van der Waals surface area contributed by atoms with E-state index in [0.717, 1.165) is 19.6 Å². The predicted octanol–water partition coefficient (Wildman–Crippen LogP) is -1.00. The van der Waals surface area contributed by atoms with Gasteiger partial charge in [-0.3, -0.25) is 26.0 Å². The van der Waals surface area contributed by atoms with E-state index in [2.05, 4.69) is 21.0 Å². The number of nitrogens with one attached hydrogen (secondary N) is 4. The first-order valence-corrected chi connectivity index (χ1v) is 13.9. The molecule has 3 saturated heterocycles. The summed E-state index contributed by atoms with van der Waals surface area (Å²) in [5.41, 5.74) is 8.44. The van der Waals surface area contributed by atoms with E-state index in [1.165, 1.54) is 4.90 Å². The predicted molar refractivity (Wildman–Crippen MR) is 122 cm³/mol. The molecule has 3 amide bonds. The van der Waals surface area contributed by atoms with Crippen molar-refractivity contribution >= 4 is 22.0 Å². The van der Waals surface area contributed by atoms with Crippen molar-refractivity contribution in [2.75, 3.05) is 53.0 Å². The Kier molecular flexibility index (Phi) is 6.61. The second kappa shape index (κ2) is 9.25. The van der Waals surface area contributed by atoms with Crippen molar-refractivity contribution in [2.45, 2.75) is 48.9 Å². The van der Waals surface area contributed by atoms with Crippen molar-refractivity contribution < 1.29 is 22.4 Å². The number of amides is 3. The molecule has 3 heterocycles. The first-order chi connectivity index (χ1) is 16.2. The Morgan fingerprint density at radius 2 is 1.82 bits per heavy atom. The van der Waals surface area contributed by atoms with E-state index in [9.17, 15) is 22.4 Å². The Morgan fingerprint density at radius 1 is 1.09 bits per heavy atom. The zero-order chi connectivity index (χ0) is 24.1. The lowest BCUT2D eigenvalue weighted by molar-refractivity contribution is -0.141. The van der Waals surface area contributed by atoms with Crippen LogP contribution in [0.5, 0.6) is 0 Å². The van der Waals surface area contributed by atoms with E-state index in [-0.39, 0.29) is 36.2 Å². The summed E-state index contributed by atoms with van der Waals surface area (Å²) in [5.74, 6) is -0.491. The molecule has 0 aromatic carbocycles. The summed E-state index contributed by atoms with van der Waals surface area (Å²) >= 11 is 0. The Morgan fingerprint density at radius 3 is 2.44 bits per heavy atom. The van der Waals surface area contributed by atoms with Crippen molar-refractivity contribution in [3.63, 3.8) is 0 Å². The average Bonchev–Trinajstić information content (AvgIpc) is 3.17. The van der Waals surface area contributed by atoms with Crippen LogP contribution in [-0.2, 0) is 14.8 Å². The van der Waals surface area contributed by atoms with E-state index in [0.29, 0.717) is 45.3 Å². The SMILES string of the molecule is CN1CC(CN2C(=O)C3CC(S(=O)(=O)NC4(CF)CC4)CCC3N(CC3CNNC3)C2=O)CN1. The minimum atomic E-state index is -3.77. The molecule has 2 aliphatic carbocycles. The fourth-order valence-corrected chi connectivity index (χ4v) is 7.84. The smallest absolute Gasteiger partial charge is 0.320 e. The Labute approximate surface area is 200 Å². The standard InChI is InChI=1S/C21H36FN7O4S/c1-27-10-15(9-25-27)12-29-19(30)17-6-16(34(32,33)26-21(13-22)4-5-21)2-3-18(17)28(20(29)31)11-14-7-23-24-8-14/h14-18,23-26H,2-13H2,1H3. The van der Waals surface area contributed by atoms with Crippen LogP contribution < -0.4 is 21.0 Å². The Hall–Kier alpha value is -1.38. The van der Waals surface area contributed by atoms with Crippen LogP contribution in [0.25, 0.3) is 0 Å². The third-order valence-electron chi connectivity index (χ3n) is 8.12. The van der Waals surface area contributed by atoms with Gasteiger partial charge in [-0.15, -0.1) is 0 Å². The quantitative estimate of drug-likeness (QED) is 0.334. The number of rotatable bonds is 8. The lowest BCUT2D eigenvalue weighted by Crippen LogP contribution is -2.65. The molecule has 0 radical (unpaired) electrons. The maximum atomic E-state index is 13.6. The van der Waals surface area contributed by atoms with Gasteiger partial charge in [0, 0.05) is 64.2 Å². The van der Waals surface area contributed by atoms with Crippen LogP contribution >= 0.6 is 0 Å². The van der Waals surface area contributed by atoms with Gasteiger partial charge in [-0.25, -0.2) is 27.3 Å². The number of carbonyl (C=O) groups is 2. The maximum Gasteiger partial charge on any atom is 0.326 e. The van der Waals surface area contributed by atoms with Crippen LogP contribution in [0.3, 0.4) is 0 Å². The minimum Gasteiger partial charge on any atom is -0.320 e. The molecule has 192 valence electrons. The molecule has 5 rings (SSSR count). The molecule has 3 aliphatic heterocycles. The number of carbonyl (C=O) groups excluding carboxylic acids is 2. The van der Waals surface area contributed by atoms with E-state index in [1.807, 2.05) is 17.0 Å². The van der Waals surface area contributed by atoms with Gasteiger partial charge in [-0.1, -0.05) is 0 Å². The van der Waals surface area contributed by atoms with Crippen LogP contribution in [0.4, 0.5) is 9.18 Å². The van der Waals surface area contributed by atoms with Crippen LogP contribution in [-0.4, -0.2) is 105 Å². The fourth-order valence-electron chi connectivity index (χ4n) is 5.90. The number of halogens is 1. The fraction of sp³-hybridized carbons (Fsp3) is 0.905. The summed E-state index contributed by atoms with van der Waals surface area (Å²) in [4.78, 5) is 30.3. The summed E-state index contributed by atoms with van der Waals surface area (Å²) in [6.45, 7) is 3.01. The number of nitrogens with zero attached hydrogens (tertiary/aromatic N) is 3. The molecule has 11 nitrogen and oxygen atoms in total. The molecule has 0 spiro atoms. The Bertz CT molecular complexity index is 911. The van der Waals surface area contributed by atoms with E-state index in [1.54, 1.807) is 0 Å². The Balaban J connectivity index is 1.35. The number of sulfonamides is 1. The summed E-state index contributed by atoms with van der Waals surface area (Å²) in [7, 11) is -1.84. The molecule has 0 aromatic heterocycles.